The Balaban J connectivity index is 1.32. The van der Waals surface area contributed by atoms with E-state index in [2.05, 4.69) is 31.3 Å². The number of nitrogens with one attached hydrogen (secondary N) is 1. The number of likely N-dealkylation sites (tertiary alicyclic amines) is 1. The van der Waals surface area contributed by atoms with Crippen molar-refractivity contribution in [1.29, 1.82) is 0 Å². The summed E-state index contributed by atoms with van der Waals surface area (Å²) in [6.45, 7) is 5.22. The molecule has 0 atom stereocenters. The summed E-state index contributed by atoms with van der Waals surface area (Å²) in [5.41, 5.74) is 11.0. The van der Waals surface area contributed by atoms with Crippen LogP contribution in [0.1, 0.15) is 29.7 Å². The number of hydrogen-bond donors (Lipinski definition) is 2. The number of piperidine rings is 1. The van der Waals surface area contributed by atoms with Gasteiger partial charge in [-0.05, 0) is 68.8 Å². The van der Waals surface area contributed by atoms with E-state index in [0.717, 1.165) is 60.8 Å². The van der Waals surface area contributed by atoms with Gasteiger partial charge in [-0.1, -0.05) is 17.7 Å². The maximum absolute atomic E-state index is 6.54. The van der Waals surface area contributed by atoms with Gasteiger partial charge < -0.3 is 15.8 Å². The SMILES string of the molecule is Cc1ncccc1COc1ccc(Nc2ncnn3ccc(CN4CCC(N)CC4)c23)cc1Cl. The predicted molar refractivity (Wildman–Crippen MR) is 134 cm³/mol. The number of fused-ring (bicyclic) bond motifs is 1. The Labute approximate surface area is 203 Å². The summed E-state index contributed by atoms with van der Waals surface area (Å²) in [6.07, 6.45) is 7.35. The highest BCUT2D eigenvalue weighted by Gasteiger charge is 2.19. The van der Waals surface area contributed by atoms with Gasteiger partial charge in [-0.25, -0.2) is 9.50 Å². The van der Waals surface area contributed by atoms with Gasteiger partial charge in [0.2, 0.25) is 0 Å². The molecule has 1 aliphatic heterocycles. The Morgan fingerprint density at radius 2 is 2.00 bits per heavy atom. The Bertz CT molecular complexity index is 1280. The van der Waals surface area contributed by atoms with Crippen LogP contribution in [0.15, 0.2) is 55.1 Å². The molecule has 0 unspecified atom stereocenters. The van der Waals surface area contributed by atoms with Crippen molar-refractivity contribution in [2.45, 2.75) is 39.0 Å². The van der Waals surface area contributed by atoms with Crippen molar-refractivity contribution in [2.24, 2.45) is 5.73 Å². The quantitative estimate of drug-likeness (QED) is 0.409. The maximum atomic E-state index is 6.54. The molecule has 0 amide bonds. The molecule has 1 fully saturated rings. The van der Waals surface area contributed by atoms with Crippen molar-refractivity contribution in [2.75, 3.05) is 18.4 Å². The molecule has 3 aromatic heterocycles. The number of halogens is 1. The van der Waals surface area contributed by atoms with Crippen molar-refractivity contribution >= 4 is 28.6 Å². The van der Waals surface area contributed by atoms with Crippen molar-refractivity contribution in [1.82, 2.24) is 24.5 Å². The Morgan fingerprint density at radius 1 is 1.15 bits per heavy atom. The third-order valence-corrected chi connectivity index (χ3v) is 6.55. The van der Waals surface area contributed by atoms with Gasteiger partial charge in [0.15, 0.2) is 5.82 Å². The van der Waals surface area contributed by atoms with E-state index in [1.165, 1.54) is 5.56 Å². The average molecular weight is 478 g/mol. The van der Waals surface area contributed by atoms with Crippen LogP contribution in [0.5, 0.6) is 5.75 Å². The number of hydrogen-bond acceptors (Lipinski definition) is 7. The lowest BCUT2D eigenvalue weighted by Gasteiger charge is -2.29. The molecular weight excluding hydrogens is 450 g/mol. The number of nitrogens with two attached hydrogens (primary N) is 1. The van der Waals surface area contributed by atoms with Crippen molar-refractivity contribution in [3.63, 3.8) is 0 Å². The zero-order valence-corrected chi connectivity index (χ0v) is 19.9. The first kappa shape index (κ1) is 22.6. The first-order valence-electron chi connectivity index (χ1n) is 11.5. The fourth-order valence-electron chi connectivity index (χ4n) is 4.25. The van der Waals surface area contributed by atoms with E-state index in [1.54, 1.807) is 12.5 Å². The number of ether oxygens (including phenoxy) is 1. The second-order valence-corrected chi connectivity index (χ2v) is 9.07. The second-order valence-electron chi connectivity index (χ2n) is 8.66. The largest absolute Gasteiger partial charge is 0.487 e. The number of anilines is 2. The van der Waals surface area contributed by atoms with Gasteiger partial charge in [-0.2, -0.15) is 5.10 Å². The number of aromatic nitrogens is 4. The highest BCUT2D eigenvalue weighted by Crippen LogP contribution is 2.31. The highest BCUT2D eigenvalue weighted by molar-refractivity contribution is 6.32. The molecule has 5 rings (SSSR count). The van der Waals surface area contributed by atoms with E-state index in [-0.39, 0.29) is 0 Å². The van der Waals surface area contributed by atoms with E-state index in [1.807, 2.05) is 48.0 Å². The molecule has 9 heteroatoms. The maximum Gasteiger partial charge on any atom is 0.158 e. The lowest BCUT2D eigenvalue weighted by atomic mass is 10.1. The molecule has 1 saturated heterocycles. The number of aryl methyl sites for hydroxylation is 1. The molecule has 0 bridgehead atoms. The lowest BCUT2D eigenvalue weighted by Crippen LogP contribution is -2.39. The monoisotopic (exact) mass is 477 g/mol. The first-order chi connectivity index (χ1) is 16.6. The number of benzene rings is 1. The Kier molecular flexibility index (Phi) is 6.62. The van der Waals surface area contributed by atoms with Gasteiger partial charge in [0.05, 0.1) is 5.02 Å². The zero-order valence-electron chi connectivity index (χ0n) is 19.1. The minimum absolute atomic E-state index is 0.313. The van der Waals surface area contributed by atoms with E-state index in [0.29, 0.717) is 23.4 Å². The highest BCUT2D eigenvalue weighted by atomic mass is 35.5. The van der Waals surface area contributed by atoms with Gasteiger partial charge in [0.1, 0.15) is 24.2 Å². The number of nitrogens with zero attached hydrogens (tertiary/aromatic N) is 5. The molecule has 4 heterocycles. The van der Waals surface area contributed by atoms with Gasteiger partial charge in [-0.15, -0.1) is 0 Å². The minimum atomic E-state index is 0.313. The molecule has 0 spiro atoms. The molecule has 3 N–H and O–H groups in total. The molecule has 176 valence electrons. The van der Waals surface area contributed by atoms with Crippen LogP contribution in [0, 0.1) is 6.92 Å². The third-order valence-electron chi connectivity index (χ3n) is 6.26. The normalized spacial score (nSPS) is 15.0. The van der Waals surface area contributed by atoms with Gasteiger partial charge >= 0.3 is 0 Å². The van der Waals surface area contributed by atoms with Gasteiger partial charge in [-0.3, -0.25) is 9.88 Å². The Hall–Kier alpha value is -3.20. The smallest absolute Gasteiger partial charge is 0.158 e. The molecule has 34 heavy (non-hydrogen) atoms. The third kappa shape index (κ3) is 4.99. The molecule has 4 aromatic rings. The summed E-state index contributed by atoms with van der Waals surface area (Å²) < 4.78 is 7.79. The van der Waals surface area contributed by atoms with Crippen LogP contribution >= 0.6 is 11.6 Å². The van der Waals surface area contributed by atoms with Crippen LogP contribution < -0.4 is 15.8 Å². The molecule has 8 nitrogen and oxygen atoms in total. The van der Waals surface area contributed by atoms with Gasteiger partial charge in [0, 0.05) is 41.9 Å². The van der Waals surface area contributed by atoms with Gasteiger partial charge in [0.25, 0.3) is 0 Å². The number of rotatable bonds is 7. The Morgan fingerprint density at radius 3 is 2.79 bits per heavy atom. The minimum Gasteiger partial charge on any atom is -0.487 e. The zero-order chi connectivity index (χ0) is 23.5. The van der Waals surface area contributed by atoms with Crippen molar-refractivity contribution in [3.05, 3.63) is 77.0 Å². The van der Waals surface area contributed by atoms with E-state index >= 15 is 0 Å². The van der Waals surface area contributed by atoms with E-state index < -0.39 is 0 Å². The van der Waals surface area contributed by atoms with Crippen molar-refractivity contribution < 1.29 is 4.74 Å². The second kappa shape index (κ2) is 9.97. The summed E-state index contributed by atoms with van der Waals surface area (Å²) in [5.74, 6) is 1.36. The van der Waals surface area contributed by atoms with Crippen molar-refractivity contribution in [3.8, 4) is 5.75 Å². The average Bonchev–Trinajstić information content (AvgIpc) is 3.25. The van der Waals surface area contributed by atoms with Crippen LogP contribution in [-0.2, 0) is 13.2 Å². The lowest BCUT2D eigenvalue weighted by molar-refractivity contribution is 0.206. The van der Waals surface area contributed by atoms with Crippen LogP contribution in [0.25, 0.3) is 5.52 Å². The molecule has 1 aromatic carbocycles. The summed E-state index contributed by atoms with van der Waals surface area (Å²) in [5, 5.41) is 8.31. The fourth-order valence-corrected chi connectivity index (χ4v) is 4.48. The molecule has 0 aliphatic carbocycles. The summed E-state index contributed by atoms with van der Waals surface area (Å²) in [4.78, 5) is 11.2. The predicted octanol–water partition coefficient (Wildman–Crippen LogP) is 4.33. The molecule has 1 aliphatic rings. The van der Waals surface area contributed by atoms with Crippen LogP contribution in [-0.4, -0.2) is 43.6 Å². The number of pyridine rings is 1. The van der Waals surface area contributed by atoms with E-state index in [9.17, 15) is 0 Å². The topological polar surface area (TPSA) is 93.6 Å². The van der Waals surface area contributed by atoms with Crippen LogP contribution in [0.4, 0.5) is 11.5 Å². The van der Waals surface area contributed by atoms with E-state index in [4.69, 9.17) is 22.1 Å². The summed E-state index contributed by atoms with van der Waals surface area (Å²) in [6, 6.07) is 12.0. The molecule has 0 saturated carbocycles. The standard InChI is InChI=1S/C25H28ClN7O/c1-17-19(3-2-9-28-17)15-34-23-5-4-21(13-22(23)26)31-25-24-18(6-12-33(24)30-16-29-25)14-32-10-7-20(27)8-11-32/h2-6,9,12-13,16,20H,7-8,10-11,14-15,27H2,1H3,(H,29,30,31). The molecule has 0 radical (unpaired) electrons. The van der Waals surface area contributed by atoms with Crippen LogP contribution in [0.2, 0.25) is 5.02 Å². The van der Waals surface area contributed by atoms with Crippen LogP contribution in [0.3, 0.4) is 0 Å². The first-order valence-corrected chi connectivity index (χ1v) is 11.8. The summed E-state index contributed by atoms with van der Waals surface area (Å²) >= 11 is 6.54. The fraction of sp³-hybridized carbons (Fsp3) is 0.320. The summed E-state index contributed by atoms with van der Waals surface area (Å²) in [7, 11) is 0. The molecular formula is C25H28ClN7O.